The van der Waals surface area contributed by atoms with E-state index in [1.54, 1.807) is 7.05 Å². The van der Waals surface area contributed by atoms with Crippen LogP contribution in [0.25, 0.3) is 0 Å². The first-order valence-electron chi connectivity index (χ1n) is 5.26. The molecule has 1 aromatic heterocycles. The fourth-order valence-electron chi connectivity index (χ4n) is 1.59. The summed E-state index contributed by atoms with van der Waals surface area (Å²) in [6.45, 7) is -2.90. The van der Waals surface area contributed by atoms with Crippen LogP contribution >= 0.6 is 11.6 Å². The first-order valence-corrected chi connectivity index (χ1v) is 5.64. The monoisotopic (exact) mass is 286 g/mol. The largest absolute Gasteiger partial charge is 0.435 e. The van der Waals surface area contributed by atoms with Crippen LogP contribution in [0.5, 0.6) is 5.75 Å². The number of halogens is 3. The fourth-order valence-corrected chi connectivity index (χ4v) is 1.84. The van der Waals surface area contributed by atoms with Gasteiger partial charge < -0.3 is 4.74 Å². The number of hydrogen-bond donors (Lipinski definition) is 0. The number of aromatic nitrogens is 2. The van der Waals surface area contributed by atoms with Gasteiger partial charge in [-0.05, 0) is 24.3 Å². The topological polar surface area (TPSA) is 44.1 Å². The third kappa shape index (κ3) is 2.90. The fraction of sp³-hybridized carbons (Fsp3) is 0.167. The van der Waals surface area contributed by atoms with Gasteiger partial charge in [-0.1, -0.05) is 11.6 Å². The molecule has 19 heavy (non-hydrogen) atoms. The molecule has 0 aliphatic rings. The molecule has 0 bridgehead atoms. The minimum Gasteiger partial charge on any atom is -0.435 e. The first-order chi connectivity index (χ1) is 8.99. The van der Waals surface area contributed by atoms with Gasteiger partial charge in [0.2, 0.25) is 5.78 Å². The third-order valence-corrected chi connectivity index (χ3v) is 2.73. The van der Waals surface area contributed by atoms with Crippen LogP contribution in [-0.2, 0) is 7.05 Å². The Labute approximate surface area is 112 Å². The number of alkyl halides is 2. The van der Waals surface area contributed by atoms with Crippen molar-refractivity contribution in [2.75, 3.05) is 0 Å². The lowest BCUT2D eigenvalue weighted by Gasteiger charge is -2.06. The van der Waals surface area contributed by atoms with Crippen LogP contribution in [0, 0.1) is 0 Å². The summed E-state index contributed by atoms with van der Waals surface area (Å²) in [5.74, 6) is -0.351. The van der Waals surface area contributed by atoms with E-state index in [1.165, 1.54) is 35.1 Å². The smallest absolute Gasteiger partial charge is 0.387 e. The van der Waals surface area contributed by atoms with Crippen molar-refractivity contribution >= 4 is 17.4 Å². The molecule has 0 atom stereocenters. The van der Waals surface area contributed by atoms with E-state index in [9.17, 15) is 13.6 Å². The molecule has 0 N–H and O–H groups in total. The zero-order valence-electron chi connectivity index (χ0n) is 9.81. The van der Waals surface area contributed by atoms with Gasteiger partial charge in [-0.25, -0.2) is 0 Å². The minimum atomic E-state index is -2.90. The molecular weight excluding hydrogens is 278 g/mol. The summed E-state index contributed by atoms with van der Waals surface area (Å²) >= 11 is 5.86. The van der Waals surface area contributed by atoms with Gasteiger partial charge in [-0.3, -0.25) is 9.48 Å². The molecule has 0 spiro atoms. The molecule has 0 amide bonds. The van der Waals surface area contributed by atoms with Crippen LogP contribution in [0.15, 0.2) is 30.5 Å². The average molecular weight is 287 g/mol. The molecule has 7 heteroatoms. The van der Waals surface area contributed by atoms with Gasteiger partial charge in [0.05, 0.1) is 11.2 Å². The van der Waals surface area contributed by atoms with Crippen molar-refractivity contribution < 1.29 is 18.3 Å². The van der Waals surface area contributed by atoms with Gasteiger partial charge in [0.1, 0.15) is 11.4 Å². The molecule has 0 aliphatic carbocycles. The van der Waals surface area contributed by atoms with E-state index in [0.717, 1.165) is 0 Å². The number of ketones is 1. The van der Waals surface area contributed by atoms with Crippen molar-refractivity contribution in [1.29, 1.82) is 0 Å². The van der Waals surface area contributed by atoms with E-state index >= 15 is 0 Å². The van der Waals surface area contributed by atoms with E-state index in [2.05, 4.69) is 9.84 Å². The second kappa shape index (κ2) is 5.36. The average Bonchev–Trinajstić information content (AvgIpc) is 2.68. The second-order valence-electron chi connectivity index (χ2n) is 3.70. The van der Waals surface area contributed by atoms with Gasteiger partial charge in [0.15, 0.2) is 0 Å². The zero-order valence-corrected chi connectivity index (χ0v) is 10.6. The van der Waals surface area contributed by atoms with Crippen LogP contribution in [0.1, 0.15) is 16.1 Å². The molecule has 2 rings (SSSR count). The Morgan fingerprint density at radius 3 is 2.47 bits per heavy atom. The summed E-state index contributed by atoms with van der Waals surface area (Å²) in [6.07, 6.45) is 1.36. The normalized spacial score (nSPS) is 10.8. The third-order valence-electron chi connectivity index (χ3n) is 2.45. The lowest BCUT2D eigenvalue weighted by Crippen LogP contribution is -2.09. The summed E-state index contributed by atoms with van der Waals surface area (Å²) in [5, 5.41) is 4.10. The Morgan fingerprint density at radius 1 is 1.37 bits per heavy atom. The van der Waals surface area contributed by atoms with Gasteiger partial charge in [-0.2, -0.15) is 13.9 Å². The molecule has 0 saturated heterocycles. The number of benzene rings is 1. The van der Waals surface area contributed by atoms with E-state index < -0.39 is 6.61 Å². The Bertz CT molecular complexity index is 577. The maximum absolute atomic E-state index is 12.1. The Balaban J connectivity index is 2.25. The summed E-state index contributed by atoms with van der Waals surface area (Å²) in [5.41, 5.74) is 0.552. The Morgan fingerprint density at radius 2 is 2.00 bits per heavy atom. The van der Waals surface area contributed by atoms with Crippen molar-refractivity contribution in [3.8, 4) is 5.75 Å². The maximum atomic E-state index is 12.1. The van der Waals surface area contributed by atoms with Crippen LogP contribution < -0.4 is 4.74 Å². The molecule has 0 aliphatic heterocycles. The highest BCUT2D eigenvalue weighted by molar-refractivity contribution is 6.34. The van der Waals surface area contributed by atoms with Crippen molar-refractivity contribution in [3.05, 3.63) is 46.7 Å². The Kier molecular flexibility index (Phi) is 3.80. The number of rotatable bonds is 4. The zero-order chi connectivity index (χ0) is 14.0. The van der Waals surface area contributed by atoms with Crippen LogP contribution in [0.2, 0.25) is 5.02 Å². The minimum absolute atomic E-state index is 0.0114. The van der Waals surface area contributed by atoms with Crippen LogP contribution in [-0.4, -0.2) is 22.2 Å². The molecule has 1 aromatic carbocycles. The highest BCUT2D eigenvalue weighted by Gasteiger charge is 2.17. The summed E-state index contributed by atoms with van der Waals surface area (Å²) in [4.78, 5) is 12.1. The van der Waals surface area contributed by atoms with E-state index in [-0.39, 0.29) is 22.2 Å². The summed E-state index contributed by atoms with van der Waals surface area (Å²) < 4.78 is 29.5. The van der Waals surface area contributed by atoms with Gasteiger partial charge in [0.25, 0.3) is 0 Å². The van der Waals surface area contributed by atoms with Crippen molar-refractivity contribution in [3.63, 3.8) is 0 Å². The number of ether oxygens (including phenoxy) is 1. The predicted octanol–water partition coefficient (Wildman–Crippen LogP) is 2.91. The molecule has 100 valence electrons. The molecule has 0 unspecified atom stereocenters. The molecule has 4 nitrogen and oxygen atoms in total. The van der Waals surface area contributed by atoms with Gasteiger partial charge >= 0.3 is 6.61 Å². The molecule has 0 saturated carbocycles. The number of carbonyl (C=O) groups is 1. The molecule has 0 fully saturated rings. The predicted molar refractivity (Wildman–Crippen MR) is 64.7 cm³/mol. The SMILES string of the molecule is Cn1ncc(Cl)c1C(=O)c1ccc(OC(F)F)cc1. The first kappa shape index (κ1) is 13.5. The lowest BCUT2D eigenvalue weighted by molar-refractivity contribution is -0.0498. The standard InChI is InChI=1S/C12H9ClF2N2O2/c1-17-10(9(13)6-16-17)11(18)7-2-4-8(5-3-7)19-12(14)15/h2-6,12H,1H3. The lowest BCUT2D eigenvalue weighted by atomic mass is 10.1. The van der Waals surface area contributed by atoms with E-state index in [1.807, 2.05) is 0 Å². The van der Waals surface area contributed by atoms with Crippen molar-refractivity contribution in [1.82, 2.24) is 9.78 Å². The molecule has 0 radical (unpaired) electrons. The van der Waals surface area contributed by atoms with Gasteiger partial charge in [0, 0.05) is 12.6 Å². The highest BCUT2D eigenvalue weighted by Crippen LogP contribution is 2.21. The van der Waals surface area contributed by atoms with E-state index in [4.69, 9.17) is 11.6 Å². The van der Waals surface area contributed by atoms with Crippen LogP contribution in [0.3, 0.4) is 0 Å². The summed E-state index contributed by atoms with van der Waals surface area (Å²) in [7, 11) is 1.59. The number of nitrogens with zero attached hydrogens (tertiary/aromatic N) is 2. The van der Waals surface area contributed by atoms with Crippen molar-refractivity contribution in [2.24, 2.45) is 7.05 Å². The Hall–Kier alpha value is -1.95. The quantitative estimate of drug-likeness (QED) is 0.812. The number of carbonyl (C=O) groups excluding carboxylic acids is 1. The molecule has 2 aromatic rings. The van der Waals surface area contributed by atoms with E-state index in [0.29, 0.717) is 5.56 Å². The molecule has 1 heterocycles. The molecular formula is C12H9ClF2N2O2. The second-order valence-corrected chi connectivity index (χ2v) is 4.10. The summed E-state index contributed by atoms with van der Waals surface area (Å²) in [6, 6.07) is 5.38. The van der Waals surface area contributed by atoms with Crippen molar-refractivity contribution in [2.45, 2.75) is 6.61 Å². The highest BCUT2D eigenvalue weighted by atomic mass is 35.5. The van der Waals surface area contributed by atoms with Gasteiger partial charge in [-0.15, -0.1) is 0 Å². The number of hydrogen-bond acceptors (Lipinski definition) is 3. The maximum Gasteiger partial charge on any atom is 0.387 e. The van der Waals surface area contributed by atoms with Crippen LogP contribution in [0.4, 0.5) is 8.78 Å². The number of aryl methyl sites for hydroxylation is 1.